The van der Waals surface area contributed by atoms with E-state index in [9.17, 15) is 9.59 Å². The molecule has 116 valence electrons. The number of benzene rings is 1. The Morgan fingerprint density at radius 2 is 2.09 bits per heavy atom. The number of pyridine rings is 1. The predicted molar refractivity (Wildman–Crippen MR) is 85.0 cm³/mol. The van der Waals surface area contributed by atoms with Crippen LogP contribution in [0.1, 0.15) is 12.5 Å². The van der Waals surface area contributed by atoms with Crippen LogP contribution in [-0.2, 0) is 11.3 Å². The van der Waals surface area contributed by atoms with E-state index in [1.165, 1.54) is 10.6 Å². The molecule has 1 aromatic carbocycles. The van der Waals surface area contributed by atoms with Crippen molar-refractivity contribution in [2.75, 3.05) is 6.54 Å². The van der Waals surface area contributed by atoms with E-state index in [0.29, 0.717) is 6.54 Å². The molecule has 1 amide bonds. The van der Waals surface area contributed by atoms with E-state index in [0.717, 1.165) is 11.3 Å². The maximum Gasteiger partial charge on any atom is 0.250 e. The Hall–Kier alpha value is -2.56. The third kappa shape index (κ3) is 4.77. The zero-order valence-electron chi connectivity index (χ0n) is 12.8. The number of carbonyl (C=O) groups is 1. The summed E-state index contributed by atoms with van der Waals surface area (Å²) in [4.78, 5) is 23.4. The van der Waals surface area contributed by atoms with E-state index in [1.54, 1.807) is 18.3 Å². The second-order valence-electron chi connectivity index (χ2n) is 5.22. The van der Waals surface area contributed by atoms with Crippen molar-refractivity contribution >= 4 is 5.91 Å². The molecule has 0 aliphatic carbocycles. The lowest BCUT2D eigenvalue weighted by Crippen LogP contribution is -2.37. The number of carbonyl (C=O) groups excluding carboxylic acids is 1. The van der Waals surface area contributed by atoms with Gasteiger partial charge >= 0.3 is 0 Å². The van der Waals surface area contributed by atoms with Crippen molar-refractivity contribution in [1.82, 2.24) is 9.88 Å². The fourth-order valence-electron chi connectivity index (χ4n) is 2.02. The maximum atomic E-state index is 11.8. The summed E-state index contributed by atoms with van der Waals surface area (Å²) >= 11 is 0. The quantitative estimate of drug-likeness (QED) is 0.884. The van der Waals surface area contributed by atoms with Gasteiger partial charge in [0.25, 0.3) is 5.56 Å². The number of nitrogens with zero attached hydrogens (tertiary/aromatic N) is 1. The van der Waals surface area contributed by atoms with Gasteiger partial charge in [0.15, 0.2) is 0 Å². The molecule has 1 N–H and O–H groups in total. The van der Waals surface area contributed by atoms with E-state index in [4.69, 9.17) is 4.74 Å². The highest BCUT2D eigenvalue weighted by Gasteiger charge is 2.08. The van der Waals surface area contributed by atoms with Crippen LogP contribution >= 0.6 is 0 Å². The van der Waals surface area contributed by atoms with Crippen molar-refractivity contribution in [3.8, 4) is 5.75 Å². The van der Waals surface area contributed by atoms with Crippen molar-refractivity contribution < 1.29 is 9.53 Å². The fraction of sp³-hybridized carbons (Fsp3) is 0.294. The summed E-state index contributed by atoms with van der Waals surface area (Å²) in [5.74, 6) is 0.564. The fourth-order valence-corrected chi connectivity index (χ4v) is 2.02. The van der Waals surface area contributed by atoms with Crippen molar-refractivity contribution in [2.45, 2.75) is 26.5 Å². The molecule has 0 radical (unpaired) electrons. The predicted octanol–water partition coefficient (Wildman–Crippen LogP) is 1.74. The van der Waals surface area contributed by atoms with Crippen LogP contribution in [0.25, 0.3) is 0 Å². The Morgan fingerprint density at radius 1 is 1.27 bits per heavy atom. The van der Waals surface area contributed by atoms with E-state index in [-0.39, 0.29) is 24.1 Å². The average Bonchev–Trinajstić information content (AvgIpc) is 2.48. The molecule has 1 aromatic heterocycles. The van der Waals surface area contributed by atoms with Crippen LogP contribution in [0.4, 0.5) is 0 Å². The van der Waals surface area contributed by atoms with Gasteiger partial charge in [-0.15, -0.1) is 0 Å². The van der Waals surface area contributed by atoms with Crippen molar-refractivity contribution in [3.63, 3.8) is 0 Å². The van der Waals surface area contributed by atoms with E-state index < -0.39 is 0 Å². The first-order chi connectivity index (χ1) is 10.5. The van der Waals surface area contributed by atoms with Gasteiger partial charge in [0.1, 0.15) is 18.4 Å². The minimum Gasteiger partial charge on any atom is -0.489 e. The van der Waals surface area contributed by atoms with Gasteiger partial charge in [-0.05, 0) is 37.6 Å². The first-order valence-electron chi connectivity index (χ1n) is 7.20. The smallest absolute Gasteiger partial charge is 0.250 e. The third-order valence-corrected chi connectivity index (χ3v) is 3.13. The highest BCUT2D eigenvalue weighted by atomic mass is 16.5. The van der Waals surface area contributed by atoms with Crippen LogP contribution in [0.5, 0.6) is 5.75 Å². The Balaban J connectivity index is 1.81. The summed E-state index contributed by atoms with van der Waals surface area (Å²) in [6.45, 7) is 4.28. The van der Waals surface area contributed by atoms with Crippen molar-refractivity contribution in [3.05, 3.63) is 64.6 Å². The minimum atomic E-state index is -0.215. The number of ether oxygens (including phenoxy) is 1. The molecule has 0 aliphatic heterocycles. The first-order valence-corrected chi connectivity index (χ1v) is 7.20. The number of aromatic nitrogens is 1. The van der Waals surface area contributed by atoms with Gasteiger partial charge in [0.2, 0.25) is 5.91 Å². The summed E-state index contributed by atoms with van der Waals surface area (Å²) in [5.41, 5.74) is 0.930. The van der Waals surface area contributed by atoms with Crippen LogP contribution in [0.3, 0.4) is 0 Å². The Morgan fingerprint density at radius 3 is 2.82 bits per heavy atom. The SMILES string of the molecule is Cc1cccc(O[C@H](C)CNC(=O)Cn2ccccc2=O)c1. The van der Waals surface area contributed by atoms with Gasteiger partial charge in [0, 0.05) is 12.3 Å². The summed E-state index contributed by atoms with van der Waals surface area (Å²) in [7, 11) is 0. The summed E-state index contributed by atoms with van der Waals surface area (Å²) < 4.78 is 7.10. The van der Waals surface area contributed by atoms with Crippen LogP contribution in [-0.4, -0.2) is 23.1 Å². The van der Waals surface area contributed by atoms with E-state index in [1.807, 2.05) is 38.1 Å². The molecular weight excluding hydrogens is 280 g/mol. The normalized spacial score (nSPS) is 11.7. The maximum absolute atomic E-state index is 11.8. The van der Waals surface area contributed by atoms with Gasteiger partial charge < -0.3 is 14.6 Å². The van der Waals surface area contributed by atoms with E-state index in [2.05, 4.69) is 5.32 Å². The molecule has 22 heavy (non-hydrogen) atoms. The lowest BCUT2D eigenvalue weighted by Gasteiger charge is -2.16. The summed E-state index contributed by atoms with van der Waals surface area (Å²) in [5, 5.41) is 2.77. The first kappa shape index (κ1) is 15.8. The van der Waals surface area contributed by atoms with Crippen LogP contribution < -0.4 is 15.6 Å². The van der Waals surface area contributed by atoms with Gasteiger partial charge in [-0.1, -0.05) is 18.2 Å². The third-order valence-electron chi connectivity index (χ3n) is 3.13. The summed E-state index contributed by atoms with van der Waals surface area (Å²) in [6, 6.07) is 12.6. The van der Waals surface area contributed by atoms with Crippen LogP contribution in [0.2, 0.25) is 0 Å². The molecule has 0 spiro atoms. The average molecular weight is 300 g/mol. The lowest BCUT2D eigenvalue weighted by molar-refractivity contribution is -0.122. The Kier molecular flexibility index (Phi) is 5.36. The van der Waals surface area contributed by atoms with Gasteiger partial charge in [0.05, 0.1) is 6.54 Å². The van der Waals surface area contributed by atoms with Crippen LogP contribution in [0, 0.1) is 6.92 Å². The monoisotopic (exact) mass is 300 g/mol. The molecule has 0 aliphatic rings. The Bertz CT molecular complexity index is 694. The molecule has 2 rings (SSSR count). The molecule has 5 nitrogen and oxygen atoms in total. The van der Waals surface area contributed by atoms with Gasteiger partial charge in [-0.2, -0.15) is 0 Å². The molecule has 2 aromatic rings. The zero-order chi connectivity index (χ0) is 15.9. The molecule has 5 heteroatoms. The largest absolute Gasteiger partial charge is 0.489 e. The van der Waals surface area contributed by atoms with Crippen molar-refractivity contribution in [2.24, 2.45) is 0 Å². The topological polar surface area (TPSA) is 60.3 Å². The van der Waals surface area contributed by atoms with Crippen molar-refractivity contribution in [1.29, 1.82) is 0 Å². The molecule has 0 saturated heterocycles. The van der Waals surface area contributed by atoms with Gasteiger partial charge in [-0.25, -0.2) is 0 Å². The molecule has 0 bridgehead atoms. The minimum absolute atomic E-state index is 0.0108. The molecule has 1 heterocycles. The number of rotatable bonds is 6. The number of hydrogen-bond donors (Lipinski definition) is 1. The number of nitrogens with one attached hydrogen (secondary N) is 1. The highest BCUT2D eigenvalue weighted by Crippen LogP contribution is 2.13. The summed E-state index contributed by atoms with van der Waals surface area (Å²) in [6.07, 6.45) is 1.44. The molecule has 1 atom stereocenters. The highest BCUT2D eigenvalue weighted by molar-refractivity contribution is 5.75. The van der Waals surface area contributed by atoms with Crippen LogP contribution in [0.15, 0.2) is 53.5 Å². The van der Waals surface area contributed by atoms with Gasteiger partial charge in [-0.3, -0.25) is 9.59 Å². The van der Waals surface area contributed by atoms with E-state index >= 15 is 0 Å². The molecule has 0 unspecified atom stereocenters. The number of hydrogen-bond acceptors (Lipinski definition) is 3. The molecular formula is C17H20N2O3. The standard InChI is InChI=1S/C17H20N2O3/c1-13-6-5-7-15(10-13)22-14(2)11-18-16(20)12-19-9-4-3-8-17(19)21/h3-10,14H,11-12H2,1-2H3,(H,18,20)/t14-/m1/s1. The number of aryl methyl sites for hydroxylation is 1. The second-order valence-corrected chi connectivity index (χ2v) is 5.22. The second kappa shape index (κ2) is 7.45. The molecule has 0 fully saturated rings. The number of amides is 1. The zero-order valence-corrected chi connectivity index (χ0v) is 12.8. The molecule has 0 saturated carbocycles. The lowest BCUT2D eigenvalue weighted by atomic mass is 10.2. The Labute approximate surface area is 129 Å².